The van der Waals surface area contributed by atoms with Gasteiger partial charge < -0.3 is 11.1 Å². The van der Waals surface area contributed by atoms with Crippen LogP contribution in [0.5, 0.6) is 0 Å². The minimum Gasteiger partial charge on any atom is -0.397 e. The fourth-order valence-electron chi connectivity index (χ4n) is 2.11. The van der Waals surface area contributed by atoms with Crippen molar-refractivity contribution in [1.29, 1.82) is 0 Å². The molecule has 2 aromatic heterocycles. The summed E-state index contributed by atoms with van der Waals surface area (Å²) in [6.07, 6.45) is 1.57. The molecule has 1 aromatic carbocycles. The van der Waals surface area contributed by atoms with Gasteiger partial charge in [0.05, 0.1) is 11.9 Å². The van der Waals surface area contributed by atoms with Crippen molar-refractivity contribution in [3.8, 4) is 0 Å². The van der Waals surface area contributed by atoms with Crippen LogP contribution in [0.2, 0.25) is 0 Å². The van der Waals surface area contributed by atoms with Gasteiger partial charge in [0.2, 0.25) is 0 Å². The van der Waals surface area contributed by atoms with E-state index in [9.17, 15) is 4.79 Å². The second-order valence-corrected chi connectivity index (χ2v) is 5.70. The molecular formula is C15H14N4OS. The lowest BCUT2D eigenvalue weighted by atomic mass is 10.1. The van der Waals surface area contributed by atoms with E-state index in [4.69, 9.17) is 5.73 Å². The summed E-state index contributed by atoms with van der Waals surface area (Å²) in [5.74, 6) is -0.182. The molecule has 0 radical (unpaired) electrons. The highest BCUT2D eigenvalue weighted by Gasteiger charge is 2.17. The molecule has 3 rings (SSSR count). The zero-order valence-electron chi connectivity index (χ0n) is 11.5. The Morgan fingerprint density at radius 3 is 2.90 bits per heavy atom. The van der Waals surface area contributed by atoms with Gasteiger partial charge in [-0.15, -0.1) is 16.4 Å². The lowest BCUT2D eigenvalue weighted by molar-refractivity contribution is 0.0956. The molecule has 5 nitrogen and oxygen atoms in total. The molecule has 0 saturated heterocycles. The summed E-state index contributed by atoms with van der Waals surface area (Å²) < 4.78 is 0. The molecule has 0 saturated carbocycles. The zero-order valence-corrected chi connectivity index (χ0v) is 12.3. The summed E-state index contributed by atoms with van der Waals surface area (Å²) in [5, 5.41) is 11.5. The minimum absolute atomic E-state index is 0.182. The van der Waals surface area contributed by atoms with E-state index in [1.54, 1.807) is 12.3 Å². The van der Waals surface area contributed by atoms with E-state index in [1.165, 1.54) is 11.3 Å². The number of nitrogens with two attached hydrogens (primary N) is 1. The number of anilines is 1. The summed E-state index contributed by atoms with van der Waals surface area (Å²) in [4.78, 5) is 13.5. The van der Waals surface area contributed by atoms with Crippen LogP contribution in [0.1, 0.15) is 20.8 Å². The molecule has 1 amide bonds. The van der Waals surface area contributed by atoms with Gasteiger partial charge in [-0.3, -0.25) is 4.79 Å². The first-order valence-electron chi connectivity index (χ1n) is 6.49. The van der Waals surface area contributed by atoms with Gasteiger partial charge in [0.15, 0.2) is 0 Å². The third-order valence-electron chi connectivity index (χ3n) is 3.33. The Morgan fingerprint density at radius 1 is 1.33 bits per heavy atom. The average Bonchev–Trinajstić information content (AvgIpc) is 2.84. The highest BCUT2D eigenvalue weighted by Crippen LogP contribution is 2.31. The molecule has 21 heavy (non-hydrogen) atoms. The van der Waals surface area contributed by atoms with Crippen LogP contribution in [0.3, 0.4) is 0 Å². The number of nitrogens with one attached hydrogen (secondary N) is 1. The number of carbonyl (C=O) groups excluding carboxylic acids is 1. The van der Waals surface area contributed by atoms with Crippen molar-refractivity contribution in [2.75, 3.05) is 5.73 Å². The lowest BCUT2D eigenvalue weighted by Crippen LogP contribution is -2.23. The van der Waals surface area contributed by atoms with E-state index in [2.05, 4.69) is 15.5 Å². The van der Waals surface area contributed by atoms with Crippen LogP contribution in [0.25, 0.3) is 10.2 Å². The van der Waals surface area contributed by atoms with Crippen molar-refractivity contribution in [1.82, 2.24) is 15.5 Å². The number of rotatable bonds is 3. The maximum atomic E-state index is 12.3. The van der Waals surface area contributed by atoms with Crippen molar-refractivity contribution in [2.24, 2.45) is 0 Å². The number of carbonyl (C=O) groups is 1. The number of fused-ring (bicyclic) bond motifs is 1. The summed E-state index contributed by atoms with van der Waals surface area (Å²) in [5.41, 5.74) is 8.72. The van der Waals surface area contributed by atoms with E-state index >= 15 is 0 Å². The number of hydrogen-bond donors (Lipinski definition) is 2. The molecule has 6 heteroatoms. The van der Waals surface area contributed by atoms with E-state index in [0.29, 0.717) is 21.9 Å². The molecule has 0 aliphatic carbocycles. The Balaban J connectivity index is 1.81. The summed E-state index contributed by atoms with van der Waals surface area (Å²) in [7, 11) is 0. The topological polar surface area (TPSA) is 80.9 Å². The van der Waals surface area contributed by atoms with Crippen LogP contribution < -0.4 is 11.1 Å². The van der Waals surface area contributed by atoms with Crippen molar-refractivity contribution >= 4 is 33.1 Å². The second-order valence-electron chi connectivity index (χ2n) is 4.70. The lowest BCUT2D eigenvalue weighted by Gasteiger charge is -2.07. The molecule has 0 unspecified atom stereocenters. The van der Waals surface area contributed by atoms with Gasteiger partial charge in [-0.05, 0) is 24.1 Å². The molecule has 0 atom stereocenters. The molecule has 3 aromatic rings. The van der Waals surface area contributed by atoms with Gasteiger partial charge in [-0.1, -0.05) is 24.3 Å². The quantitative estimate of drug-likeness (QED) is 0.778. The average molecular weight is 298 g/mol. The fraction of sp³-hybridized carbons (Fsp3) is 0.133. The zero-order chi connectivity index (χ0) is 14.8. The van der Waals surface area contributed by atoms with Crippen LogP contribution >= 0.6 is 11.3 Å². The highest BCUT2D eigenvalue weighted by atomic mass is 32.1. The van der Waals surface area contributed by atoms with Gasteiger partial charge >= 0.3 is 0 Å². The van der Waals surface area contributed by atoms with Crippen molar-refractivity contribution in [2.45, 2.75) is 13.5 Å². The number of nitrogens with zero attached hydrogens (tertiary/aromatic N) is 2. The molecule has 106 valence electrons. The van der Waals surface area contributed by atoms with Gasteiger partial charge in [0.25, 0.3) is 5.91 Å². The van der Waals surface area contributed by atoms with Gasteiger partial charge in [-0.25, -0.2) is 0 Å². The highest BCUT2D eigenvalue weighted by molar-refractivity contribution is 7.21. The largest absolute Gasteiger partial charge is 0.397 e. The smallest absolute Gasteiger partial charge is 0.263 e. The molecule has 0 aliphatic rings. The number of thiophene rings is 1. The number of benzene rings is 1. The third kappa shape index (κ3) is 2.57. The number of aromatic nitrogens is 2. The first-order chi connectivity index (χ1) is 10.2. The van der Waals surface area contributed by atoms with Crippen LogP contribution in [0, 0.1) is 6.92 Å². The van der Waals surface area contributed by atoms with Crippen LogP contribution in [0.4, 0.5) is 5.69 Å². The molecular weight excluding hydrogens is 284 g/mol. The fourth-order valence-corrected chi connectivity index (χ4v) is 3.06. The third-order valence-corrected chi connectivity index (χ3v) is 4.43. The van der Waals surface area contributed by atoms with Crippen molar-refractivity contribution < 1.29 is 4.79 Å². The van der Waals surface area contributed by atoms with E-state index in [-0.39, 0.29) is 5.91 Å². The molecule has 2 heterocycles. The predicted molar refractivity (Wildman–Crippen MR) is 84.2 cm³/mol. The van der Waals surface area contributed by atoms with E-state index in [1.807, 2.05) is 31.2 Å². The van der Waals surface area contributed by atoms with E-state index in [0.717, 1.165) is 16.5 Å². The number of hydrogen-bond acceptors (Lipinski definition) is 5. The summed E-state index contributed by atoms with van der Waals surface area (Å²) in [6.45, 7) is 2.50. The predicted octanol–water partition coefficient (Wildman–Crippen LogP) is 2.51. The first-order valence-corrected chi connectivity index (χ1v) is 7.31. The minimum atomic E-state index is -0.182. The van der Waals surface area contributed by atoms with Crippen LogP contribution in [0.15, 0.2) is 36.5 Å². The Kier molecular flexibility index (Phi) is 3.53. The Bertz CT molecular complexity index is 812. The van der Waals surface area contributed by atoms with Gasteiger partial charge in [0.1, 0.15) is 9.71 Å². The number of nitrogen functional groups attached to an aromatic ring is 1. The normalized spacial score (nSPS) is 10.7. The Hall–Kier alpha value is -2.47. The van der Waals surface area contributed by atoms with Crippen molar-refractivity contribution in [3.63, 3.8) is 0 Å². The second kappa shape index (κ2) is 5.49. The molecule has 0 bridgehead atoms. The standard InChI is InChI=1S/C15H14N4OS/c1-9-4-2-3-5-10(9)8-17-14(20)13-12(16)11-6-7-18-19-15(11)21-13/h2-7H,8,16H2,1H3,(H,17,20). The van der Waals surface area contributed by atoms with Gasteiger partial charge in [0, 0.05) is 11.9 Å². The molecule has 0 aliphatic heterocycles. The first kappa shape index (κ1) is 13.5. The van der Waals surface area contributed by atoms with E-state index < -0.39 is 0 Å². The Labute approximate surface area is 125 Å². The number of aryl methyl sites for hydroxylation is 1. The number of amides is 1. The Morgan fingerprint density at radius 2 is 2.14 bits per heavy atom. The summed E-state index contributed by atoms with van der Waals surface area (Å²) in [6, 6.07) is 9.72. The molecule has 0 fully saturated rings. The van der Waals surface area contributed by atoms with Crippen LogP contribution in [-0.4, -0.2) is 16.1 Å². The van der Waals surface area contributed by atoms with Crippen LogP contribution in [-0.2, 0) is 6.54 Å². The SMILES string of the molecule is Cc1ccccc1CNC(=O)c1sc2nnccc2c1N. The summed E-state index contributed by atoms with van der Waals surface area (Å²) >= 11 is 1.26. The monoisotopic (exact) mass is 298 g/mol. The maximum absolute atomic E-state index is 12.3. The molecule has 0 spiro atoms. The molecule has 3 N–H and O–H groups in total. The maximum Gasteiger partial charge on any atom is 0.263 e. The van der Waals surface area contributed by atoms with Gasteiger partial charge in [-0.2, -0.15) is 5.10 Å². The van der Waals surface area contributed by atoms with Crippen molar-refractivity contribution in [3.05, 3.63) is 52.5 Å².